The van der Waals surface area contributed by atoms with Gasteiger partial charge in [0.05, 0.1) is 6.61 Å². The maximum Gasteiger partial charge on any atom is 0.317 e. The highest BCUT2D eigenvalue weighted by atomic mass is 16.6. The summed E-state index contributed by atoms with van der Waals surface area (Å²) in [5.41, 5.74) is 2.67. The molecule has 1 aromatic carbocycles. The minimum atomic E-state index is -0.494. The van der Waals surface area contributed by atoms with Crippen molar-refractivity contribution in [1.29, 1.82) is 0 Å². The molecule has 0 spiro atoms. The molecule has 2 rings (SSSR count). The summed E-state index contributed by atoms with van der Waals surface area (Å²) in [6.07, 6.45) is 5.04. The molecule has 0 saturated carbocycles. The molecule has 0 bridgehead atoms. The monoisotopic (exact) mass is 359 g/mol. The van der Waals surface area contributed by atoms with E-state index in [4.69, 9.17) is 9.47 Å². The van der Waals surface area contributed by atoms with E-state index in [1.807, 2.05) is 45.9 Å². The zero-order valence-electron chi connectivity index (χ0n) is 16.1. The van der Waals surface area contributed by atoms with Crippen LogP contribution in [0.3, 0.4) is 0 Å². The average molecular weight is 359 g/mol. The maximum absolute atomic E-state index is 12.4. The molecule has 1 aromatic rings. The van der Waals surface area contributed by atoms with Crippen molar-refractivity contribution in [2.45, 2.75) is 58.6 Å². The van der Waals surface area contributed by atoms with Crippen molar-refractivity contribution in [3.63, 3.8) is 0 Å². The smallest absolute Gasteiger partial charge is 0.317 e. The van der Waals surface area contributed by atoms with Gasteiger partial charge in [-0.25, -0.2) is 0 Å². The van der Waals surface area contributed by atoms with Crippen LogP contribution in [0.15, 0.2) is 24.3 Å². The standard InChI is InChI=1S/C21H29NO4/c1-5-25-19(23)7-6-12-22-14-15-8-9-16-10-11-17(18(16)13-15)20(24)26-21(2,3)4/h8-11,13,17,22H,5-7,12,14H2,1-4H3. The van der Waals surface area contributed by atoms with Crippen LogP contribution in [0.2, 0.25) is 0 Å². The summed E-state index contributed by atoms with van der Waals surface area (Å²) in [7, 11) is 0. The van der Waals surface area contributed by atoms with Gasteiger partial charge < -0.3 is 14.8 Å². The third kappa shape index (κ3) is 5.99. The van der Waals surface area contributed by atoms with Crippen LogP contribution in [-0.2, 0) is 25.6 Å². The molecule has 0 amide bonds. The number of carbonyl (C=O) groups excluding carboxylic acids is 2. The lowest BCUT2D eigenvalue weighted by atomic mass is 9.98. The van der Waals surface area contributed by atoms with E-state index in [9.17, 15) is 9.59 Å². The van der Waals surface area contributed by atoms with Gasteiger partial charge in [-0.1, -0.05) is 30.4 Å². The van der Waals surface area contributed by atoms with Crippen molar-refractivity contribution in [2.24, 2.45) is 0 Å². The Morgan fingerprint density at radius 3 is 2.69 bits per heavy atom. The predicted molar refractivity (Wildman–Crippen MR) is 102 cm³/mol. The highest BCUT2D eigenvalue weighted by Gasteiger charge is 2.29. The van der Waals surface area contributed by atoms with Crippen LogP contribution in [0.25, 0.3) is 6.08 Å². The fourth-order valence-corrected chi connectivity index (χ4v) is 2.85. The second kappa shape index (κ2) is 8.99. The van der Waals surface area contributed by atoms with Crippen LogP contribution in [-0.4, -0.2) is 30.7 Å². The number of nitrogens with one attached hydrogen (secondary N) is 1. The minimum Gasteiger partial charge on any atom is -0.466 e. The maximum atomic E-state index is 12.4. The van der Waals surface area contributed by atoms with Crippen LogP contribution in [0.1, 0.15) is 63.1 Å². The first-order chi connectivity index (χ1) is 12.3. The number of rotatable bonds is 8. The number of esters is 2. The van der Waals surface area contributed by atoms with Gasteiger partial charge >= 0.3 is 11.9 Å². The van der Waals surface area contributed by atoms with E-state index in [1.54, 1.807) is 0 Å². The molecular weight excluding hydrogens is 330 g/mol. The molecule has 5 heteroatoms. The lowest BCUT2D eigenvalue weighted by molar-refractivity contribution is -0.155. The number of benzene rings is 1. The van der Waals surface area contributed by atoms with Crippen molar-refractivity contribution in [2.75, 3.05) is 13.2 Å². The summed E-state index contributed by atoms with van der Waals surface area (Å²) in [5.74, 6) is -0.710. The van der Waals surface area contributed by atoms with Crippen molar-refractivity contribution < 1.29 is 19.1 Å². The lowest BCUT2D eigenvalue weighted by Gasteiger charge is -2.22. The summed E-state index contributed by atoms with van der Waals surface area (Å²) in [5, 5.41) is 3.33. The molecule has 1 aliphatic rings. The molecule has 5 nitrogen and oxygen atoms in total. The molecule has 0 heterocycles. The van der Waals surface area contributed by atoms with Gasteiger partial charge in [0.2, 0.25) is 0 Å². The largest absolute Gasteiger partial charge is 0.466 e. The van der Waals surface area contributed by atoms with E-state index in [0.29, 0.717) is 19.6 Å². The van der Waals surface area contributed by atoms with Crippen LogP contribution >= 0.6 is 0 Å². The van der Waals surface area contributed by atoms with Crippen LogP contribution in [0, 0.1) is 0 Å². The molecule has 0 aromatic heterocycles. The molecule has 0 aliphatic heterocycles. The van der Waals surface area contributed by atoms with E-state index in [-0.39, 0.29) is 17.9 Å². The Morgan fingerprint density at radius 2 is 2.00 bits per heavy atom. The van der Waals surface area contributed by atoms with Crippen molar-refractivity contribution in [3.05, 3.63) is 41.0 Å². The number of hydrogen-bond donors (Lipinski definition) is 1. The molecule has 1 N–H and O–H groups in total. The SMILES string of the molecule is CCOC(=O)CCCNCc1ccc2c(c1)C(C(=O)OC(C)(C)C)C=C2. The van der Waals surface area contributed by atoms with Gasteiger partial charge in [-0.15, -0.1) is 0 Å². The Morgan fingerprint density at radius 1 is 1.23 bits per heavy atom. The number of carbonyl (C=O) groups is 2. The van der Waals surface area contributed by atoms with Gasteiger partial charge in [0.15, 0.2) is 0 Å². The second-order valence-corrected chi connectivity index (χ2v) is 7.42. The molecule has 0 fully saturated rings. The number of fused-ring (bicyclic) bond motifs is 1. The Kier molecular flexibility index (Phi) is 6.98. The fourth-order valence-electron chi connectivity index (χ4n) is 2.85. The molecular formula is C21H29NO4. The third-order valence-corrected chi connectivity index (χ3v) is 3.98. The van der Waals surface area contributed by atoms with E-state index < -0.39 is 5.60 Å². The predicted octanol–water partition coefficient (Wildman–Crippen LogP) is 3.57. The first kappa shape index (κ1) is 20.2. The van der Waals surface area contributed by atoms with Crippen LogP contribution in [0.4, 0.5) is 0 Å². The lowest BCUT2D eigenvalue weighted by Crippen LogP contribution is -2.26. The Balaban J connectivity index is 1.87. The van der Waals surface area contributed by atoms with Crippen molar-refractivity contribution in [3.8, 4) is 0 Å². The second-order valence-electron chi connectivity index (χ2n) is 7.42. The normalized spacial score (nSPS) is 15.6. The summed E-state index contributed by atoms with van der Waals surface area (Å²) in [6, 6.07) is 6.15. The molecule has 142 valence electrons. The van der Waals surface area contributed by atoms with Gasteiger partial charge in [0.1, 0.15) is 11.5 Å². The van der Waals surface area contributed by atoms with Gasteiger partial charge in [-0.2, -0.15) is 0 Å². The number of ether oxygens (including phenoxy) is 2. The fraction of sp³-hybridized carbons (Fsp3) is 0.524. The third-order valence-electron chi connectivity index (χ3n) is 3.98. The van der Waals surface area contributed by atoms with Gasteiger partial charge in [0, 0.05) is 13.0 Å². The highest BCUT2D eigenvalue weighted by Crippen LogP contribution is 2.32. The molecule has 1 aliphatic carbocycles. The van der Waals surface area contributed by atoms with Gasteiger partial charge in [-0.05, 0) is 57.4 Å². The summed E-state index contributed by atoms with van der Waals surface area (Å²) < 4.78 is 10.4. The highest BCUT2D eigenvalue weighted by molar-refractivity contribution is 5.86. The van der Waals surface area contributed by atoms with Crippen LogP contribution in [0.5, 0.6) is 0 Å². The summed E-state index contributed by atoms with van der Waals surface area (Å²) in [6.45, 7) is 9.29. The molecule has 1 unspecified atom stereocenters. The van der Waals surface area contributed by atoms with E-state index in [0.717, 1.165) is 29.7 Å². The Bertz CT molecular complexity index is 673. The van der Waals surface area contributed by atoms with Crippen molar-refractivity contribution >= 4 is 18.0 Å². The van der Waals surface area contributed by atoms with Gasteiger partial charge in [0.25, 0.3) is 0 Å². The van der Waals surface area contributed by atoms with E-state index in [2.05, 4.69) is 17.4 Å². The summed E-state index contributed by atoms with van der Waals surface area (Å²) >= 11 is 0. The topological polar surface area (TPSA) is 64.6 Å². The van der Waals surface area contributed by atoms with E-state index in [1.165, 1.54) is 0 Å². The molecule has 26 heavy (non-hydrogen) atoms. The average Bonchev–Trinajstić information content (AvgIpc) is 2.96. The number of hydrogen-bond acceptors (Lipinski definition) is 5. The van der Waals surface area contributed by atoms with Gasteiger partial charge in [-0.3, -0.25) is 9.59 Å². The zero-order chi connectivity index (χ0) is 19.2. The molecule has 0 saturated heterocycles. The van der Waals surface area contributed by atoms with Crippen LogP contribution < -0.4 is 5.32 Å². The van der Waals surface area contributed by atoms with Crippen molar-refractivity contribution in [1.82, 2.24) is 5.32 Å². The molecule has 0 radical (unpaired) electrons. The zero-order valence-corrected chi connectivity index (χ0v) is 16.1. The minimum absolute atomic E-state index is 0.155. The first-order valence-electron chi connectivity index (χ1n) is 9.20. The first-order valence-corrected chi connectivity index (χ1v) is 9.20. The Hall–Kier alpha value is -2.14. The quantitative estimate of drug-likeness (QED) is 0.568. The van der Waals surface area contributed by atoms with E-state index >= 15 is 0 Å². The summed E-state index contributed by atoms with van der Waals surface area (Å²) in [4.78, 5) is 23.7. The Labute approximate surface area is 155 Å². The molecule has 1 atom stereocenters.